The summed E-state index contributed by atoms with van der Waals surface area (Å²) in [7, 11) is 0. The van der Waals surface area contributed by atoms with Crippen molar-refractivity contribution >= 4 is 0 Å². The van der Waals surface area contributed by atoms with Gasteiger partial charge in [-0.15, -0.1) is 0 Å². The number of aromatic hydroxyl groups is 1. The van der Waals surface area contributed by atoms with Gasteiger partial charge in [-0.3, -0.25) is 0 Å². The van der Waals surface area contributed by atoms with Crippen molar-refractivity contribution in [3.8, 4) is 5.75 Å². The van der Waals surface area contributed by atoms with Crippen LogP contribution in [0.3, 0.4) is 0 Å². The fraction of sp³-hybridized carbons (Fsp3) is 0.613. The smallest absolute Gasteiger partial charge is 0.122 e. The van der Waals surface area contributed by atoms with Gasteiger partial charge in [-0.1, -0.05) is 135 Å². The highest BCUT2D eigenvalue weighted by atomic mass is 16.3. The third-order valence-corrected chi connectivity index (χ3v) is 7.55. The van der Waals surface area contributed by atoms with Crippen LogP contribution in [0.5, 0.6) is 5.75 Å². The van der Waals surface area contributed by atoms with Gasteiger partial charge in [-0.05, 0) is 46.9 Å². The fourth-order valence-corrected chi connectivity index (χ4v) is 4.77. The van der Waals surface area contributed by atoms with E-state index in [2.05, 4.69) is 84.0 Å². The van der Waals surface area contributed by atoms with E-state index in [4.69, 9.17) is 0 Å². The zero-order valence-electron chi connectivity index (χ0n) is 21.7. The molecular weight excluding hydrogens is 388 g/mol. The molecule has 0 aliphatic heterocycles. The maximum Gasteiger partial charge on any atom is 0.122 e. The minimum atomic E-state index is -0.0931. The second-order valence-electron chi connectivity index (χ2n) is 10.5. The Morgan fingerprint density at radius 3 is 1.81 bits per heavy atom. The van der Waals surface area contributed by atoms with Gasteiger partial charge in [0.1, 0.15) is 5.75 Å². The Kier molecular flexibility index (Phi) is 10.8. The molecule has 2 unspecified atom stereocenters. The summed E-state index contributed by atoms with van der Waals surface area (Å²) in [4.78, 5) is 0. The van der Waals surface area contributed by atoms with E-state index in [9.17, 15) is 5.11 Å². The molecular formula is C31H48O. The van der Waals surface area contributed by atoms with Gasteiger partial charge in [0.15, 0.2) is 0 Å². The molecule has 2 atom stereocenters. The van der Waals surface area contributed by atoms with Gasteiger partial charge in [0.05, 0.1) is 0 Å². The lowest BCUT2D eigenvalue weighted by Crippen LogP contribution is -2.20. The number of phenols is 1. The molecule has 1 N–H and O–H groups in total. The van der Waals surface area contributed by atoms with Gasteiger partial charge >= 0.3 is 0 Å². The molecule has 2 aromatic rings. The van der Waals surface area contributed by atoms with Crippen LogP contribution in [0.25, 0.3) is 0 Å². The molecule has 2 rings (SSSR count). The van der Waals surface area contributed by atoms with Crippen molar-refractivity contribution in [3.63, 3.8) is 0 Å². The number of unbranched alkanes of at least 4 members (excludes halogenated alkanes) is 7. The van der Waals surface area contributed by atoms with Crippen molar-refractivity contribution in [3.05, 3.63) is 64.7 Å². The maximum absolute atomic E-state index is 11.2. The number of hydrogen-bond donors (Lipinski definition) is 1. The molecule has 178 valence electrons. The van der Waals surface area contributed by atoms with Gasteiger partial charge in [0.25, 0.3) is 0 Å². The molecule has 0 spiro atoms. The quantitative estimate of drug-likeness (QED) is 0.292. The summed E-state index contributed by atoms with van der Waals surface area (Å²) in [5.74, 6) is 1.28. The van der Waals surface area contributed by atoms with Crippen LogP contribution in [0.4, 0.5) is 0 Å². The lowest BCUT2D eigenvalue weighted by atomic mass is 9.75. The third-order valence-electron chi connectivity index (χ3n) is 7.55. The molecule has 0 fully saturated rings. The van der Waals surface area contributed by atoms with Crippen LogP contribution in [0.15, 0.2) is 42.5 Å². The topological polar surface area (TPSA) is 20.2 Å². The molecule has 0 saturated heterocycles. The molecule has 0 amide bonds. The highest BCUT2D eigenvalue weighted by Crippen LogP contribution is 2.42. The average Bonchev–Trinajstić information content (AvgIpc) is 2.80. The summed E-state index contributed by atoms with van der Waals surface area (Å²) >= 11 is 0. The van der Waals surface area contributed by atoms with Crippen LogP contribution in [0.1, 0.15) is 140 Å². The summed E-state index contributed by atoms with van der Waals surface area (Å²) in [6.07, 6.45) is 12.9. The molecule has 1 nitrogen and oxygen atoms in total. The predicted molar refractivity (Wildman–Crippen MR) is 141 cm³/mol. The minimum absolute atomic E-state index is 0.0931. The molecule has 0 aliphatic carbocycles. The molecule has 0 heterocycles. The second-order valence-corrected chi connectivity index (χ2v) is 10.5. The van der Waals surface area contributed by atoms with E-state index in [0.29, 0.717) is 17.6 Å². The van der Waals surface area contributed by atoms with Crippen LogP contribution in [0.2, 0.25) is 0 Å². The number of rotatable bonds is 14. The van der Waals surface area contributed by atoms with E-state index < -0.39 is 0 Å². The van der Waals surface area contributed by atoms with Crippen molar-refractivity contribution in [1.29, 1.82) is 0 Å². The van der Waals surface area contributed by atoms with Crippen molar-refractivity contribution < 1.29 is 5.11 Å². The van der Waals surface area contributed by atoms with E-state index in [1.807, 2.05) is 0 Å². The molecule has 0 aliphatic rings. The first kappa shape index (κ1) is 26.5. The Labute approximate surface area is 198 Å². The zero-order chi connectivity index (χ0) is 23.6. The van der Waals surface area contributed by atoms with Crippen LogP contribution in [-0.4, -0.2) is 5.11 Å². The number of benzene rings is 2. The van der Waals surface area contributed by atoms with Gasteiger partial charge < -0.3 is 5.11 Å². The number of hydrogen-bond acceptors (Lipinski definition) is 1. The molecule has 0 radical (unpaired) electrons. The predicted octanol–water partition coefficient (Wildman–Crippen LogP) is 9.87. The van der Waals surface area contributed by atoms with Gasteiger partial charge in [0.2, 0.25) is 0 Å². The second kappa shape index (κ2) is 13.1. The van der Waals surface area contributed by atoms with Crippen molar-refractivity contribution in [2.45, 2.75) is 123 Å². The highest BCUT2D eigenvalue weighted by molar-refractivity contribution is 5.51. The monoisotopic (exact) mass is 436 g/mol. The molecule has 0 saturated carbocycles. The normalized spacial score (nSPS) is 13.8. The van der Waals surface area contributed by atoms with Crippen molar-refractivity contribution in [2.24, 2.45) is 0 Å². The Balaban J connectivity index is 2.18. The molecule has 2 aromatic carbocycles. The molecule has 32 heavy (non-hydrogen) atoms. The summed E-state index contributed by atoms with van der Waals surface area (Å²) in [6, 6.07) is 15.3. The van der Waals surface area contributed by atoms with Crippen molar-refractivity contribution in [1.82, 2.24) is 0 Å². The van der Waals surface area contributed by atoms with E-state index in [1.54, 1.807) is 0 Å². The Morgan fingerprint density at radius 2 is 1.25 bits per heavy atom. The number of phenolic OH excluding ortho intramolecular Hbond substituents is 1. The standard InChI is InChI=1S/C31H48O/c1-7-9-10-11-12-13-14-16-19-25(4)29-23-27(22-28(30(29)32)24(3)8-2)31(5,6)26-20-17-15-18-21-26/h15,17-18,20-25,32H,7-14,16,19H2,1-6H3. The summed E-state index contributed by atoms with van der Waals surface area (Å²) in [5, 5.41) is 11.2. The van der Waals surface area contributed by atoms with Crippen LogP contribution in [0, 0.1) is 0 Å². The first-order chi connectivity index (χ1) is 15.3. The largest absolute Gasteiger partial charge is 0.507 e. The first-order valence-electron chi connectivity index (χ1n) is 13.3. The van der Waals surface area contributed by atoms with E-state index >= 15 is 0 Å². The van der Waals surface area contributed by atoms with E-state index in [1.165, 1.54) is 62.5 Å². The summed E-state index contributed by atoms with van der Waals surface area (Å²) < 4.78 is 0. The van der Waals surface area contributed by atoms with Crippen LogP contribution in [-0.2, 0) is 5.41 Å². The van der Waals surface area contributed by atoms with Gasteiger partial charge in [-0.25, -0.2) is 0 Å². The zero-order valence-corrected chi connectivity index (χ0v) is 21.7. The van der Waals surface area contributed by atoms with E-state index in [0.717, 1.165) is 24.0 Å². The highest BCUT2D eigenvalue weighted by Gasteiger charge is 2.27. The van der Waals surface area contributed by atoms with Gasteiger partial charge in [-0.2, -0.15) is 0 Å². The van der Waals surface area contributed by atoms with Crippen molar-refractivity contribution in [2.75, 3.05) is 0 Å². The SMILES string of the molecule is CCCCCCCCCCC(C)c1cc(C(C)(C)c2ccccc2)cc(C(C)CC)c1O. The Morgan fingerprint density at radius 1 is 0.719 bits per heavy atom. The summed E-state index contributed by atoms with van der Waals surface area (Å²) in [6.45, 7) is 13.6. The Bertz CT molecular complexity index is 790. The summed E-state index contributed by atoms with van der Waals surface area (Å²) in [5.41, 5.74) is 4.80. The average molecular weight is 437 g/mol. The third kappa shape index (κ3) is 7.12. The Hall–Kier alpha value is -1.76. The van der Waals surface area contributed by atoms with E-state index in [-0.39, 0.29) is 5.41 Å². The minimum Gasteiger partial charge on any atom is -0.507 e. The van der Waals surface area contributed by atoms with Crippen LogP contribution < -0.4 is 0 Å². The molecule has 1 heteroatoms. The van der Waals surface area contributed by atoms with Gasteiger partial charge in [0, 0.05) is 5.41 Å². The lowest BCUT2D eigenvalue weighted by Gasteiger charge is -2.30. The first-order valence-corrected chi connectivity index (χ1v) is 13.3. The maximum atomic E-state index is 11.2. The molecule has 0 aromatic heterocycles. The lowest BCUT2D eigenvalue weighted by molar-refractivity contribution is 0.443. The fourth-order valence-electron chi connectivity index (χ4n) is 4.77. The van der Waals surface area contributed by atoms with Crippen LogP contribution >= 0.6 is 0 Å². The molecule has 0 bridgehead atoms.